The predicted octanol–water partition coefficient (Wildman–Crippen LogP) is 4.85. The van der Waals surface area contributed by atoms with E-state index in [4.69, 9.17) is 35.4 Å². The average Bonchev–Trinajstić information content (AvgIpc) is 3.07. The number of hydrogen-bond acceptors (Lipinski definition) is 3. The lowest BCUT2D eigenvalue weighted by Crippen LogP contribution is -2.20. The van der Waals surface area contributed by atoms with Crippen molar-refractivity contribution in [1.82, 2.24) is 19.6 Å². The van der Waals surface area contributed by atoms with Crippen LogP contribution in [0, 0.1) is 6.92 Å². The highest BCUT2D eigenvalue weighted by Gasteiger charge is 2.11. The summed E-state index contributed by atoms with van der Waals surface area (Å²) in [5, 5.41) is 16.4. The number of rotatable bonds is 4. The summed E-state index contributed by atoms with van der Waals surface area (Å²) in [4.78, 5) is 0. The molecule has 2 heterocycles. The Hall–Kier alpha value is -1.61. The van der Waals surface area contributed by atoms with Crippen LogP contribution >= 0.6 is 51.3 Å². The van der Waals surface area contributed by atoms with Gasteiger partial charge in [0.2, 0.25) is 0 Å². The lowest BCUT2D eigenvalue weighted by Gasteiger charge is -2.08. The summed E-state index contributed by atoms with van der Waals surface area (Å²) in [6.45, 7) is 2.51. The van der Waals surface area contributed by atoms with E-state index in [9.17, 15) is 0 Å². The Morgan fingerprint density at radius 2 is 2.04 bits per heavy atom. The topological polar surface area (TPSA) is 59.7 Å². The predicted molar refractivity (Wildman–Crippen MR) is 113 cm³/mol. The van der Waals surface area contributed by atoms with E-state index in [1.54, 1.807) is 21.6 Å². The van der Waals surface area contributed by atoms with E-state index in [-0.39, 0.29) is 0 Å². The Morgan fingerprint density at radius 1 is 1.27 bits per heavy atom. The summed E-state index contributed by atoms with van der Waals surface area (Å²) in [7, 11) is 1.87. The normalized spacial score (nSPS) is 10.8. The molecule has 0 radical (unpaired) electrons. The minimum absolute atomic E-state index is 0.432. The van der Waals surface area contributed by atoms with Crippen LogP contribution < -0.4 is 10.6 Å². The van der Waals surface area contributed by atoms with E-state index in [0.717, 1.165) is 21.4 Å². The molecule has 0 atom stereocenters. The third-order valence-electron chi connectivity index (χ3n) is 3.76. The Labute approximate surface area is 174 Å². The first kappa shape index (κ1) is 19.2. The molecule has 6 nitrogen and oxygen atoms in total. The minimum Gasteiger partial charge on any atom is -0.330 e. The summed E-state index contributed by atoms with van der Waals surface area (Å²) in [5.41, 5.74) is 2.82. The Morgan fingerprint density at radius 3 is 2.69 bits per heavy atom. The zero-order valence-corrected chi connectivity index (χ0v) is 17.8. The van der Waals surface area contributed by atoms with Crippen molar-refractivity contribution >= 4 is 68.0 Å². The molecule has 0 amide bonds. The van der Waals surface area contributed by atoms with Gasteiger partial charge in [-0.15, -0.1) is 0 Å². The van der Waals surface area contributed by atoms with E-state index in [0.29, 0.717) is 27.5 Å². The van der Waals surface area contributed by atoms with Crippen molar-refractivity contribution in [1.29, 1.82) is 0 Å². The quantitative estimate of drug-likeness (QED) is 0.530. The second-order valence-corrected chi connectivity index (χ2v) is 7.70. The van der Waals surface area contributed by atoms with Crippen molar-refractivity contribution in [2.75, 3.05) is 10.6 Å². The highest BCUT2D eigenvalue weighted by atomic mass is 79.9. The summed E-state index contributed by atoms with van der Waals surface area (Å²) in [5.74, 6) is 0.615. The van der Waals surface area contributed by atoms with Crippen LogP contribution in [0.4, 0.5) is 11.5 Å². The van der Waals surface area contributed by atoms with Crippen LogP contribution in [0.2, 0.25) is 10.0 Å². The molecule has 136 valence electrons. The smallest absolute Gasteiger partial charge is 0.176 e. The average molecular weight is 474 g/mol. The maximum Gasteiger partial charge on any atom is 0.176 e. The number of nitrogens with one attached hydrogen (secondary N) is 2. The molecule has 0 fully saturated rings. The zero-order valence-electron chi connectivity index (χ0n) is 13.9. The van der Waals surface area contributed by atoms with Gasteiger partial charge in [0.05, 0.1) is 38.6 Å². The van der Waals surface area contributed by atoms with Crippen LogP contribution in [0.1, 0.15) is 11.3 Å². The first-order valence-corrected chi connectivity index (χ1v) is 9.52. The molecule has 3 rings (SSSR count). The maximum atomic E-state index is 6.06. The lowest BCUT2D eigenvalue weighted by atomic mass is 10.2. The van der Waals surface area contributed by atoms with Crippen molar-refractivity contribution in [3.63, 3.8) is 0 Å². The van der Waals surface area contributed by atoms with Crippen LogP contribution in [-0.2, 0) is 13.6 Å². The highest BCUT2D eigenvalue weighted by Crippen LogP contribution is 2.25. The maximum absolute atomic E-state index is 6.06. The van der Waals surface area contributed by atoms with E-state index >= 15 is 0 Å². The molecule has 0 aliphatic rings. The molecule has 26 heavy (non-hydrogen) atoms. The third kappa shape index (κ3) is 4.37. The molecule has 0 aliphatic carbocycles. The van der Waals surface area contributed by atoms with Gasteiger partial charge in [0.15, 0.2) is 10.9 Å². The molecule has 0 saturated carbocycles. The Balaban J connectivity index is 1.68. The second-order valence-electron chi connectivity index (χ2n) is 5.62. The molecule has 0 saturated heterocycles. The molecule has 10 heteroatoms. The van der Waals surface area contributed by atoms with Gasteiger partial charge in [-0.1, -0.05) is 29.3 Å². The van der Waals surface area contributed by atoms with Gasteiger partial charge in [0.1, 0.15) is 0 Å². The highest BCUT2D eigenvalue weighted by molar-refractivity contribution is 9.10. The molecule has 0 bridgehead atoms. The van der Waals surface area contributed by atoms with Crippen molar-refractivity contribution in [3.8, 4) is 0 Å². The summed E-state index contributed by atoms with van der Waals surface area (Å²) >= 11 is 20.9. The van der Waals surface area contributed by atoms with Crippen LogP contribution in [0.25, 0.3) is 0 Å². The van der Waals surface area contributed by atoms with E-state index in [1.807, 2.05) is 32.3 Å². The summed E-state index contributed by atoms with van der Waals surface area (Å²) < 4.78 is 4.35. The minimum atomic E-state index is 0.432. The van der Waals surface area contributed by atoms with Gasteiger partial charge in [-0.3, -0.25) is 9.36 Å². The first-order valence-electron chi connectivity index (χ1n) is 7.57. The molecule has 2 aromatic heterocycles. The first-order chi connectivity index (χ1) is 12.3. The number of thiocarbonyl (C=S) groups is 1. The molecule has 0 unspecified atom stereocenters. The van der Waals surface area contributed by atoms with Crippen molar-refractivity contribution < 1.29 is 0 Å². The van der Waals surface area contributed by atoms with Gasteiger partial charge in [0, 0.05) is 13.2 Å². The summed E-state index contributed by atoms with van der Waals surface area (Å²) in [6, 6.07) is 5.50. The van der Waals surface area contributed by atoms with Gasteiger partial charge >= 0.3 is 0 Å². The number of anilines is 2. The van der Waals surface area contributed by atoms with Crippen LogP contribution in [0.15, 0.2) is 35.1 Å². The monoisotopic (exact) mass is 472 g/mol. The third-order valence-corrected chi connectivity index (χ3v) is 5.28. The largest absolute Gasteiger partial charge is 0.330 e. The Kier molecular flexibility index (Phi) is 5.86. The number of aromatic nitrogens is 4. The standard InChI is InChI=1S/C16H15BrCl2N6S/c1-9-14(6-20-24(9)2)21-16(26)22-15-11(17)8-25(23-15)7-10-3-4-12(18)13(19)5-10/h3-6,8H,7H2,1-2H3,(H2,21,22,23,26). The zero-order chi connectivity index (χ0) is 18.8. The van der Waals surface area contributed by atoms with Gasteiger partial charge < -0.3 is 10.6 Å². The molecular formula is C16H15BrCl2N6S. The molecule has 0 aliphatic heterocycles. The van der Waals surface area contributed by atoms with Gasteiger partial charge in [-0.05, 0) is 52.8 Å². The van der Waals surface area contributed by atoms with E-state index in [2.05, 4.69) is 36.8 Å². The number of halogens is 3. The fourth-order valence-corrected chi connectivity index (χ4v) is 3.21. The number of hydrogen-bond donors (Lipinski definition) is 2. The van der Waals surface area contributed by atoms with Crippen LogP contribution in [-0.4, -0.2) is 24.7 Å². The van der Waals surface area contributed by atoms with Crippen molar-refractivity contribution in [3.05, 3.63) is 56.4 Å². The SMILES string of the molecule is Cc1c(NC(=S)Nc2nn(Cc3ccc(Cl)c(Cl)c3)cc2Br)cnn1C. The fourth-order valence-electron chi connectivity index (χ4n) is 2.27. The lowest BCUT2D eigenvalue weighted by molar-refractivity contribution is 0.689. The number of nitrogens with zero attached hydrogens (tertiary/aromatic N) is 4. The molecule has 2 N–H and O–H groups in total. The van der Waals surface area contributed by atoms with Crippen LogP contribution in [0.5, 0.6) is 0 Å². The molecular weight excluding hydrogens is 459 g/mol. The number of benzene rings is 1. The van der Waals surface area contributed by atoms with Gasteiger partial charge in [0.25, 0.3) is 0 Å². The second kappa shape index (κ2) is 7.96. The molecule has 3 aromatic rings. The van der Waals surface area contributed by atoms with Gasteiger partial charge in [-0.2, -0.15) is 10.2 Å². The van der Waals surface area contributed by atoms with Crippen LogP contribution in [0.3, 0.4) is 0 Å². The van der Waals surface area contributed by atoms with Gasteiger partial charge in [-0.25, -0.2) is 0 Å². The Bertz CT molecular complexity index is 968. The van der Waals surface area contributed by atoms with E-state index in [1.165, 1.54) is 0 Å². The van der Waals surface area contributed by atoms with E-state index < -0.39 is 0 Å². The van der Waals surface area contributed by atoms with Crippen molar-refractivity contribution in [2.45, 2.75) is 13.5 Å². The molecule has 0 spiro atoms. The van der Waals surface area contributed by atoms with Crippen molar-refractivity contribution in [2.24, 2.45) is 7.05 Å². The fraction of sp³-hybridized carbons (Fsp3) is 0.188. The number of aryl methyl sites for hydroxylation is 1. The summed E-state index contributed by atoms with van der Waals surface area (Å²) in [6.07, 6.45) is 3.59. The molecule has 1 aromatic carbocycles.